The molecule has 26 heavy (non-hydrogen) atoms. The maximum Gasteiger partial charge on any atom is 0.120 e. The van der Waals surface area contributed by atoms with Crippen molar-refractivity contribution in [3.63, 3.8) is 0 Å². The van der Waals surface area contributed by atoms with Gasteiger partial charge in [0.05, 0.1) is 5.52 Å². The molecule has 1 fully saturated rings. The Bertz CT molecular complexity index is 949. The average Bonchev–Trinajstić information content (AvgIpc) is 3.03. The van der Waals surface area contributed by atoms with Crippen molar-refractivity contribution in [1.82, 2.24) is 9.88 Å². The molecule has 2 heterocycles. The van der Waals surface area contributed by atoms with Crippen LogP contribution in [0.1, 0.15) is 12.0 Å². The topological polar surface area (TPSA) is 48.4 Å². The van der Waals surface area contributed by atoms with Crippen molar-refractivity contribution in [2.45, 2.75) is 19.1 Å². The van der Waals surface area contributed by atoms with E-state index in [0.717, 1.165) is 38.0 Å². The third kappa shape index (κ3) is 3.76. The molecule has 0 radical (unpaired) electrons. The first-order valence-electron chi connectivity index (χ1n) is 8.58. The van der Waals surface area contributed by atoms with Gasteiger partial charge >= 0.3 is 0 Å². The van der Waals surface area contributed by atoms with Crippen molar-refractivity contribution in [1.29, 1.82) is 0 Å². The molecular formula is C20H19FIN3O. The Morgan fingerprint density at radius 2 is 2.12 bits per heavy atom. The number of rotatable bonds is 4. The second-order valence-corrected chi connectivity index (χ2v) is 7.86. The lowest BCUT2D eigenvalue weighted by Crippen LogP contribution is -2.20. The maximum absolute atomic E-state index is 13.4. The second kappa shape index (κ2) is 7.36. The van der Waals surface area contributed by atoms with Crippen LogP contribution in [0.2, 0.25) is 0 Å². The Balaban J connectivity index is 1.60. The molecule has 0 spiro atoms. The van der Waals surface area contributed by atoms with Gasteiger partial charge in [0, 0.05) is 51.7 Å². The van der Waals surface area contributed by atoms with Crippen LogP contribution >= 0.6 is 22.6 Å². The highest BCUT2D eigenvalue weighted by Crippen LogP contribution is 2.30. The highest BCUT2D eigenvalue weighted by Gasteiger charge is 2.22. The predicted molar refractivity (Wildman–Crippen MR) is 111 cm³/mol. The summed E-state index contributed by atoms with van der Waals surface area (Å²) < 4.78 is 14.5. The smallest absolute Gasteiger partial charge is 0.120 e. The fraction of sp³-hybridized carbons (Fsp3) is 0.250. The van der Waals surface area contributed by atoms with E-state index in [2.05, 4.69) is 45.0 Å². The van der Waals surface area contributed by atoms with Gasteiger partial charge in [-0.3, -0.25) is 9.88 Å². The van der Waals surface area contributed by atoms with Gasteiger partial charge in [0.2, 0.25) is 0 Å². The molecule has 0 bridgehead atoms. The first kappa shape index (κ1) is 17.5. The van der Waals surface area contributed by atoms with Gasteiger partial charge in [-0.2, -0.15) is 0 Å². The number of aromatic hydroxyl groups is 1. The van der Waals surface area contributed by atoms with Crippen LogP contribution in [0.5, 0.6) is 5.75 Å². The molecule has 0 aliphatic carbocycles. The van der Waals surface area contributed by atoms with Crippen LogP contribution in [-0.2, 0) is 6.54 Å². The zero-order valence-corrected chi connectivity index (χ0v) is 16.3. The molecule has 134 valence electrons. The van der Waals surface area contributed by atoms with Gasteiger partial charge in [-0.1, -0.05) is 0 Å². The number of anilines is 2. The first-order chi connectivity index (χ1) is 12.6. The van der Waals surface area contributed by atoms with Crippen molar-refractivity contribution < 1.29 is 9.50 Å². The number of fused-ring (bicyclic) bond motifs is 1. The normalized spacial score (nSPS) is 17.7. The number of hydrogen-bond acceptors (Lipinski definition) is 4. The molecule has 0 saturated carbocycles. The lowest BCUT2D eigenvalue weighted by atomic mass is 10.1. The zero-order valence-electron chi connectivity index (χ0n) is 14.1. The van der Waals surface area contributed by atoms with Crippen molar-refractivity contribution in [2.75, 3.05) is 18.4 Å². The van der Waals surface area contributed by atoms with Crippen LogP contribution in [-0.4, -0.2) is 34.3 Å². The number of halogens is 2. The Labute approximate surface area is 165 Å². The minimum atomic E-state index is -0.760. The summed E-state index contributed by atoms with van der Waals surface area (Å²) in [5.41, 5.74) is 3.59. The summed E-state index contributed by atoms with van der Waals surface area (Å²) in [5, 5.41) is 14.6. The minimum absolute atomic E-state index is 0.243. The fourth-order valence-corrected chi connectivity index (χ4v) is 3.82. The van der Waals surface area contributed by atoms with E-state index in [4.69, 9.17) is 0 Å². The molecule has 4 rings (SSSR count). The van der Waals surface area contributed by atoms with Crippen molar-refractivity contribution in [3.05, 3.63) is 57.8 Å². The van der Waals surface area contributed by atoms with Gasteiger partial charge < -0.3 is 10.4 Å². The van der Waals surface area contributed by atoms with Gasteiger partial charge in [-0.25, -0.2) is 4.39 Å². The summed E-state index contributed by atoms with van der Waals surface area (Å²) in [6, 6.07) is 13.6. The molecular weight excluding hydrogens is 444 g/mol. The molecule has 1 saturated heterocycles. The van der Waals surface area contributed by atoms with E-state index < -0.39 is 6.17 Å². The quantitative estimate of drug-likeness (QED) is 0.430. The molecule has 0 amide bonds. The van der Waals surface area contributed by atoms with Crippen molar-refractivity contribution in [3.8, 4) is 5.75 Å². The summed E-state index contributed by atoms with van der Waals surface area (Å²) in [6.07, 6.45) is 1.60. The third-order valence-corrected chi connectivity index (χ3v) is 5.34. The molecule has 1 aromatic heterocycles. The Morgan fingerprint density at radius 1 is 1.23 bits per heavy atom. The summed E-state index contributed by atoms with van der Waals surface area (Å²) >= 11 is 2.28. The molecule has 1 atom stereocenters. The van der Waals surface area contributed by atoms with Gasteiger partial charge in [0.25, 0.3) is 0 Å². The van der Waals surface area contributed by atoms with Crippen LogP contribution in [0.3, 0.4) is 0 Å². The molecule has 2 N–H and O–H groups in total. The van der Waals surface area contributed by atoms with Crippen LogP contribution in [0, 0.1) is 3.57 Å². The van der Waals surface area contributed by atoms with E-state index in [1.807, 2.05) is 29.2 Å². The Hall–Kier alpha value is -1.93. The number of alkyl halides is 1. The molecule has 0 unspecified atom stereocenters. The Kier molecular flexibility index (Phi) is 4.95. The van der Waals surface area contributed by atoms with E-state index in [-0.39, 0.29) is 5.75 Å². The third-order valence-electron chi connectivity index (χ3n) is 4.67. The number of nitrogens with one attached hydrogen (secondary N) is 1. The molecule has 2 aromatic carbocycles. The summed E-state index contributed by atoms with van der Waals surface area (Å²) in [6.45, 7) is 1.72. The van der Waals surface area contributed by atoms with Crippen LogP contribution in [0.4, 0.5) is 15.8 Å². The lowest BCUT2D eigenvalue weighted by molar-refractivity contribution is 0.279. The van der Waals surface area contributed by atoms with Gasteiger partial charge in [-0.05, 0) is 71.5 Å². The molecule has 3 aromatic rings. The van der Waals surface area contributed by atoms with Gasteiger partial charge in [0.1, 0.15) is 11.9 Å². The van der Waals surface area contributed by atoms with E-state index in [1.54, 1.807) is 12.3 Å². The SMILES string of the molecule is Oc1ccc(Nc2ccnc3cc(I)ccc23)cc1CN1CC[C@@H](F)C1. The largest absolute Gasteiger partial charge is 0.508 e. The number of benzene rings is 2. The average molecular weight is 463 g/mol. The molecule has 6 heteroatoms. The lowest BCUT2D eigenvalue weighted by Gasteiger charge is -2.17. The number of phenolic OH excluding ortho intramolecular Hbond substituents is 1. The van der Waals surface area contributed by atoms with E-state index in [0.29, 0.717) is 19.5 Å². The van der Waals surface area contributed by atoms with Gasteiger partial charge in [-0.15, -0.1) is 0 Å². The Morgan fingerprint density at radius 3 is 2.92 bits per heavy atom. The molecule has 1 aliphatic rings. The highest BCUT2D eigenvalue weighted by molar-refractivity contribution is 14.1. The van der Waals surface area contributed by atoms with E-state index >= 15 is 0 Å². The maximum atomic E-state index is 13.4. The second-order valence-electron chi connectivity index (χ2n) is 6.61. The number of nitrogens with zero attached hydrogens (tertiary/aromatic N) is 2. The van der Waals surface area contributed by atoms with Crippen LogP contribution < -0.4 is 5.32 Å². The predicted octanol–water partition coefficient (Wildman–Crippen LogP) is 4.83. The number of aromatic nitrogens is 1. The zero-order chi connectivity index (χ0) is 18.1. The van der Waals surface area contributed by atoms with Crippen LogP contribution in [0.25, 0.3) is 10.9 Å². The standard InChI is InChI=1S/C20H19FIN3O/c21-14-6-8-25(12-14)11-13-9-16(2-4-20(13)26)24-18-5-7-23-19-10-15(22)1-3-17(18)19/h1-5,7,9-10,14,26H,6,8,11-12H2,(H,23,24)/t14-/m1/s1. The number of phenols is 1. The monoisotopic (exact) mass is 463 g/mol. The minimum Gasteiger partial charge on any atom is -0.508 e. The van der Waals surface area contributed by atoms with E-state index in [9.17, 15) is 9.50 Å². The number of pyridine rings is 1. The summed E-state index contributed by atoms with van der Waals surface area (Å²) in [7, 11) is 0. The van der Waals surface area contributed by atoms with E-state index in [1.165, 1.54) is 0 Å². The van der Waals surface area contributed by atoms with Gasteiger partial charge in [0.15, 0.2) is 0 Å². The summed E-state index contributed by atoms with van der Waals surface area (Å²) in [5.74, 6) is 0.243. The number of likely N-dealkylation sites (tertiary alicyclic amines) is 1. The fourth-order valence-electron chi connectivity index (χ4n) is 3.35. The van der Waals surface area contributed by atoms with Crippen molar-refractivity contribution >= 4 is 44.9 Å². The molecule has 1 aliphatic heterocycles. The first-order valence-corrected chi connectivity index (χ1v) is 9.66. The molecule has 4 nitrogen and oxygen atoms in total. The highest BCUT2D eigenvalue weighted by atomic mass is 127. The van der Waals surface area contributed by atoms with Crippen LogP contribution in [0.15, 0.2) is 48.7 Å². The number of hydrogen-bond donors (Lipinski definition) is 2. The summed E-state index contributed by atoms with van der Waals surface area (Å²) in [4.78, 5) is 6.46. The van der Waals surface area contributed by atoms with Crippen molar-refractivity contribution in [2.24, 2.45) is 0 Å².